The molecule has 1 aromatic carbocycles. The monoisotopic (exact) mass is 250 g/mol. The van der Waals surface area contributed by atoms with Crippen LogP contribution in [-0.2, 0) is 6.42 Å². The highest BCUT2D eigenvalue weighted by Crippen LogP contribution is 2.17. The molecule has 1 N–H and O–H groups in total. The van der Waals surface area contributed by atoms with Crippen LogP contribution in [-0.4, -0.2) is 17.5 Å². The highest BCUT2D eigenvalue weighted by molar-refractivity contribution is 5.34. The lowest BCUT2D eigenvalue weighted by atomic mass is 9.94. The Labute approximate surface area is 109 Å². The Morgan fingerprint density at radius 3 is 2.72 bits per heavy atom. The first-order valence-electron chi connectivity index (χ1n) is 6.51. The van der Waals surface area contributed by atoms with Gasteiger partial charge in [-0.2, -0.15) is 0 Å². The molecule has 100 valence electrons. The third-order valence-corrected chi connectivity index (χ3v) is 3.25. The molecule has 0 saturated carbocycles. The molecule has 4 nitrogen and oxygen atoms in total. The van der Waals surface area contributed by atoms with E-state index in [9.17, 15) is 10.1 Å². The van der Waals surface area contributed by atoms with Crippen LogP contribution in [0.4, 0.5) is 5.69 Å². The van der Waals surface area contributed by atoms with E-state index in [2.05, 4.69) is 26.1 Å². The summed E-state index contributed by atoms with van der Waals surface area (Å²) in [5, 5.41) is 14.2. The highest BCUT2D eigenvalue weighted by Gasteiger charge is 2.13. The Bertz CT molecular complexity index is 393. The van der Waals surface area contributed by atoms with Crippen LogP contribution in [0.2, 0.25) is 0 Å². The average Bonchev–Trinajstić information content (AvgIpc) is 2.36. The first kappa shape index (κ1) is 14.6. The van der Waals surface area contributed by atoms with Gasteiger partial charge in [0.05, 0.1) is 4.92 Å². The number of nitrogens with one attached hydrogen (secondary N) is 1. The zero-order valence-corrected chi connectivity index (χ0v) is 11.3. The average molecular weight is 250 g/mol. The summed E-state index contributed by atoms with van der Waals surface area (Å²) in [4.78, 5) is 10.4. The van der Waals surface area contributed by atoms with E-state index in [4.69, 9.17) is 0 Å². The molecule has 0 aliphatic heterocycles. The maximum atomic E-state index is 10.7. The quantitative estimate of drug-likeness (QED) is 0.597. The predicted octanol–water partition coefficient (Wildman–Crippen LogP) is 3.16. The molecule has 0 amide bonds. The molecule has 4 heteroatoms. The third kappa shape index (κ3) is 4.45. The van der Waals surface area contributed by atoms with Gasteiger partial charge in [-0.25, -0.2) is 0 Å². The summed E-state index contributed by atoms with van der Waals surface area (Å²) in [6, 6.07) is 7.33. The van der Waals surface area contributed by atoms with Crippen molar-refractivity contribution in [2.45, 2.75) is 39.7 Å². The Balaban J connectivity index is 2.60. The van der Waals surface area contributed by atoms with Gasteiger partial charge < -0.3 is 5.32 Å². The zero-order valence-electron chi connectivity index (χ0n) is 11.3. The molecular formula is C14H22N2O2. The second-order valence-electron chi connectivity index (χ2n) is 4.85. The molecular weight excluding hydrogens is 228 g/mol. The van der Waals surface area contributed by atoms with Crippen molar-refractivity contribution >= 4 is 5.69 Å². The molecule has 1 rings (SSSR count). The summed E-state index contributed by atoms with van der Waals surface area (Å²) in [5.41, 5.74) is 1.20. The van der Waals surface area contributed by atoms with Crippen molar-refractivity contribution in [1.82, 2.24) is 5.32 Å². The number of nitro benzene ring substituents is 1. The van der Waals surface area contributed by atoms with Crippen molar-refractivity contribution in [3.63, 3.8) is 0 Å². The topological polar surface area (TPSA) is 55.2 Å². The van der Waals surface area contributed by atoms with Gasteiger partial charge in [-0.15, -0.1) is 0 Å². The number of nitrogens with zero attached hydrogens (tertiary/aromatic N) is 1. The Kier molecular flexibility index (Phi) is 5.78. The smallest absolute Gasteiger partial charge is 0.269 e. The van der Waals surface area contributed by atoms with Gasteiger partial charge in [-0.1, -0.05) is 26.0 Å². The van der Waals surface area contributed by atoms with E-state index in [0.29, 0.717) is 12.0 Å². The lowest BCUT2D eigenvalue weighted by Crippen LogP contribution is -2.33. The number of non-ortho nitro benzene ring substituents is 1. The molecule has 0 fully saturated rings. The summed E-state index contributed by atoms with van der Waals surface area (Å²) >= 11 is 0. The second-order valence-corrected chi connectivity index (χ2v) is 4.85. The molecule has 0 spiro atoms. The minimum atomic E-state index is -0.340. The van der Waals surface area contributed by atoms with Crippen molar-refractivity contribution < 1.29 is 4.92 Å². The third-order valence-electron chi connectivity index (χ3n) is 3.25. The SMILES string of the molecule is CCCNC(C)C(C)Cc1cccc([N+](=O)[O-])c1. The molecule has 0 heterocycles. The molecule has 0 bridgehead atoms. The van der Waals surface area contributed by atoms with Crippen molar-refractivity contribution in [3.05, 3.63) is 39.9 Å². The first-order valence-corrected chi connectivity index (χ1v) is 6.51. The molecule has 2 unspecified atom stereocenters. The van der Waals surface area contributed by atoms with Crippen LogP contribution < -0.4 is 5.32 Å². The molecule has 1 aromatic rings. The van der Waals surface area contributed by atoms with E-state index in [1.807, 2.05) is 6.07 Å². The standard InChI is InChI=1S/C14H22N2O2/c1-4-8-15-12(3)11(2)9-13-6-5-7-14(10-13)16(17)18/h5-7,10-12,15H,4,8-9H2,1-3H3. The molecule has 0 aliphatic rings. The number of hydrogen-bond acceptors (Lipinski definition) is 3. The number of rotatable bonds is 7. The van der Waals surface area contributed by atoms with Gasteiger partial charge in [0.25, 0.3) is 5.69 Å². The summed E-state index contributed by atoms with van der Waals surface area (Å²) in [5.74, 6) is 0.457. The van der Waals surface area contributed by atoms with Crippen LogP contribution >= 0.6 is 0 Å². The van der Waals surface area contributed by atoms with Crippen molar-refractivity contribution in [3.8, 4) is 0 Å². The van der Waals surface area contributed by atoms with Gasteiger partial charge in [0, 0.05) is 18.2 Å². The van der Waals surface area contributed by atoms with Crippen LogP contribution in [0, 0.1) is 16.0 Å². The summed E-state index contributed by atoms with van der Waals surface area (Å²) in [7, 11) is 0. The Morgan fingerprint density at radius 1 is 1.39 bits per heavy atom. The van der Waals surface area contributed by atoms with E-state index in [1.165, 1.54) is 6.07 Å². The number of nitro groups is 1. The summed E-state index contributed by atoms with van der Waals surface area (Å²) in [6.45, 7) is 7.50. The summed E-state index contributed by atoms with van der Waals surface area (Å²) in [6.07, 6.45) is 1.98. The minimum Gasteiger partial charge on any atom is -0.314 e. The van der Waals surface area contributed by atoms with Crippen LogP contribution in [0.3, 0.4) is 0 Å². The molecule has 0 saturated heterocycles. The van der Waals surface area contributed by atoms with Crippen molar-refractivity contribution in [1.29, 1.82) is 0 Å². The van der Waals surface area contributed by atoms with Crippen LogP contribution in [0.25, 0.3) is 0 Å². The largest absolute Gasteiger partial charge is 0.314 e. The lowest BCUT2D eigenvalue weighted by Gasteiger charge is -2.21. The molecule has 18 heavy (non-hydrogen) atoms. The van der Waals surface area contributed by atoms with Crippen molar-refractivity contribution in [2.24, 2.45) is 5.92 Å². The highest BCUT2D eigenvalue weighted by atomic mass is 16.6. The second kappa shape index (κ2) is 7.11. The fourth-order valence-electron chi connectivity index (χ4n) is 1.92. The van der Waals surface area contributed by atoms with E-state index >= 15 is 0 Å². The number of benzene rings is 1. The van der Waals surface area contributed by atoms with Gasteiger partial charge >= 0.3 is 0 Å². The Morgan fingerprint density at radius 2 is 2.11 bits per heavy atom. The normalized spacial score (nSPS) is 14.2. The van der Waals surface area contributed by atoms with E-state index in [-0.39, 0.29) is 10.6 Å². The number of hydrogen-bond donors (Lipinski definition) is 1. The van der Waals surface area contributed by atoms with Gasteiger partial charge in [0.1, 0.15) is 0 Å². The maximum Gasteiger partial charge on any atom is 0.269 e. The first-order chi connectivity index (χ1) is 8.54. The van der Waals surface area contributed by atoms with Crippen LogP contribution in [0.15, 0.2) is 24.3 Å². The lowest BCUT2D eigenvalue weighted by molar-refractivity contribution is -0.384. The van der Waals surface area contributed by atoms with Gasteiger partial charge in [-0.05, 0) is 37.8 Å². The molecule has 0 aliphatic carbocycles. The zero-order chi connectivity index (χ0) is 13.5. The molecule has 0 radical (unpaired) electrons. The van der Waals surface area contributed by atoms with Gasteiger partial charge in [-0.3, -0.25) is 10.1 Å². The fraction of sp³-hybridized carbons (Fsp3) is 0.571. The van der Waals surface area contributed by atoms with E-state index in [1.54, 1.807) is 12.1 Å². The molecule has 2 atom stereocenters. The molecule has 0 aromatic heterocycles. The van der Waals surface area contributed by atoms with Gasteiger partial charge in [0.2, 0.25) is 0 Å². The van der Waals surface area contributed by atoms with E-state index in [0.717, 1.165) is 24.9 Å². The maximum absolute atomic E-state index is 10.7. The van der Waals surface area contributed by atoms with Crippen LogP contribution in [0.1, 0.15) is 32.8 Å². The van der Waals surface area contributed by atoms with E-state index < -0.39 is 0 Å². The van der Waals surface area contributed by atoms with Crippen LogP contribution in [0.5, 0.6) is 0 Å². The van der Waals surface area contributed by atoms with Gasteiger partial charge in [0.15, 0.2) is 0 Å². The fourth-order valence-corrected chi connectivity index (χ4v) is 1.92. The minimum absolute atomic E-state index is 0.175. The Hall–Kier alpha value is -1.42. The predicted molar refractivity (Wildman–Crippen MR) is 73.7 cm³/mol. The summed E-state index contributed by atoms with van der Waals surface area (Å²) < 4.78 is 0. The van der Waals surface area contributed by atoms with Crippen molar-refractivity contribution in [2.75, 3.05) is 6.54 Å².